The molecule has 1 N–H and O–H groups in total. The SMILES string of the molecule is Cc1nc(Sc2nc(Cl)c(/C=C3\SC(=O)N(Cc4ccc([N+](=O)[O-])cc4)C3=O)s2)n[nH]1. The van der Waals surface area contributed by atoms with Crippen molar-refractivity contribution in [1.29, 1.82) is 0 Å². The third kappa shape index (κ3) is 4.79. The van der Waals surface area contributed by atoms with Gasteiger partial charge in [-0.05, 0) is 42.1 Å². The van der Waals surface area contributed by atoms with Crippen LogP contribution >= 0.6 is 46.5 Å². The molecule has 1 aliphatic rings. The van der Waals surface area contributed by atoms with E-state index in [2.05, 4.69) is 20.2 Å². The number of aryl methyl sites for hydroxylation is 1. The lowest BCUT2D eigenvalue weighted by Gasteiger charge is -2.12. The molecule has 158 valence electrons. The van der Waals surface area contributed by atoms with E-state index in [1.165, 1.54) is 53.4 Å². The van der Waals surface area contributed by atoms with Crippen molar-refractivity contribution in [2.75, 3.05) is 0 Å². The van der Waals surface area contributed by atoms with Gasteiger partial charge in [-0.15, -0.1) is 16.4 Å². The number of nitrogens with one attached hydrogen (secondary N) is 1. The maximum Gasteiger partial charge on any atom is 0.293 e. The molecule has 0 radical (unpaired) electrons. The van der Waals surface area contributed by atoms with Gasteiger partial charge in [-0.2, -0.15) is 0 Å². The van der Waals surface area contributed by atoms with E-state index in [-0.39, 0.29) is 22.3 Å². The standard InChI is InChI=1S/C17H11ClN6O4S3/c1-8-19-15(22-21-8)31-16-20-13(18)11(29-16)6-12-14(25)23(17(26)30-12)7-9-2-4-10(5-3-9)24(27)28/h2-6H,7H2,1H3,(H,19,21,22)/b12-6-. The summed E-state index contributed by atoms with van der Waals surface area (Å²) in [6.07, 6.45) is 1.54. The average Bonchev–Trinajstić information content (AvgIpc) is 3.36. The predicted molar refractivity (Wildman–Crippen MR) is 117 cm³/mol. The second kappa shape index (κ2) is 8.78. The maximum absolute atomic E-state index is 12.7. The quantitative estimate of drug-likeness (QED) is 0.298. The first-order valence-corrected chi connectivity index (χ1v) is 11.3. The van der Waals surface area contributed by atoms with Crippen LogP contribution < -0.4 is 0 Å². The summed E-state index contributed by atoms with van der Waals surface area (Å²) in [4.78, 5) is 45.6. The lowest BCUT2D eigenvalue weighted by molar-refractivity contribution is -0.384. The molecule has 0 saturated carbocycles. The minimum atomic E-state index is -0.513. The number of aromatic amines is 1. The topological polar surface area (TPSA) is 135 Å². The summed E-state index contributed by atoms with van der Waals surface area (Å²) in [6.45, 7) is 1.80. The Kier molecular flexibility index (Phi) is 6.09. The molecule has 1 aromatic carbocycles. The molecule has 0 atom stereocenters. The smallest absolute Gasteiger partial charge is 0.268 e. The lowest BCUT2D eigenvalue weighted by atomic mass is 10.2. The number of hydrogen-bond acceptors (Lipinski definition) is 10. The molecule has 31 heavy (non-hydrogen) atoms. The Morgan fingerprint density at radius 3 is 2.68 bits per heavy atom. The number of H-pyrrole nitrogens is 1. The zero-order valence-electron chi connectivity index (χ0n) is 15.6. The molecule has 2 amide bonds. The molecule has 2 aromatic heterocycles. The number of halogens is 1. The minimum absolute atomic E-state index is 0.0156. The van der Waals surface area contributed by atoms with Gasteiger partial charge < -0.3 is 0 Å². The van der Waals surface area contributed by atoms with Crippen LogP contribution in [0.4, 0.5) is 10.5 Å². The molecule has 14 heteroatoms. The van der Waals surface area contributed by atoms with Gasteiger partial charge in [0.1, 0.15) is 11.0 Å². The fourth-order valence-electron chi connectivity index (χ4n) is 2.53. The highest BCUT2D eigenvalue weighted by Crippen LogP contribution is 2.38. The van der Waals surface area contributed by atoms with Crippen molar-refractivity contribution in [2.24, 2.45) is 0 Å². The van der Waals surface area contributed by atoms with Crippen molar-refractivity contribution in [3.05, 3.63) is 60.7 Å². The molecular weight excluding hydrogens is 484 g/mol. The molecule has 0 aliphatic carbocycles. The number of nitrogens with zero attached hydrogens (tertiary/aromatic N) is 5. The van der Waals surface area contributed by atoms with E-state index in [0.717, 1.165) is 16.7 Å². The molecular formula is C17H11ClN6O4S3. The Balaban J connectivity index is 1.49. The van der Waals surface area contributed by atoms with Gasteiger partial charge >= 0.3 is 0 Å². The summed E-state index contributed by atoms with van der Waals surface area (Å²) in [7, 11) is 0. The number of amides is 2. The third-order valence-corrected chi connectivity index (χ3v) is 7.20. The number of imide groups is 1. The van der Waals surface area contributed by atoms with Crippen molar-refractivity contribution in [2.45, 2.75) is 23.0 Å². The number of thioether (sulfide) groups is 1. The number of non-ortho nitro benzene ring substituents is 1. The van der Waals surface area contributed by atoms with E-state index < -0.39 is 16.1 Å². The highest BCUT2D eigenvalue weighted by Gasteiger charge is 2.35. The summed E-state index contributed by atoms with van der Waals surface area (Å²) in [5.74, 6) is 0.212. The van der Waals surface area contributed by atoms with Crippen LogP contribution in [0.5, 0.6) is 0 Å². The van der Waals surface area contributed by atoms with E-state index in [9.17, 15) is 19.7 Å². The number of nitro benzene ring substituents is 1. The van der Waals surface area contributed by atoms with Crippen molar-refractivity contribution >= 4 is 69.4 Å². The van der Waals surface area contributed by atoms with Crippen LogP contribution in [0.1, 0.15) is 16.3 Å². The number of nitro groups is 1. The Bertz CT molecular complexity index is 1220. The van der Waals surface area contributed by atoms with E-state index in [1.807, 2.05) is 0 Å². The molecule has 0 unspecified atom stereocenters. The lowest BCUT2D eigenvalue weighted by Crippen LogP contribution is -2.27. The number of rotatable bonds is 6. The van der Waals surface area contributed by atoms with Crippen molar-refractivity contribution in [3.8, 4) is 0 Å². The van der Waals surface area contributed by atoms with Gasteiger partial charge in [0.25, 0.3) is 16.8 Å². The normalized spacial score (nSPS) is 15.3. The molecule has 1 aliphatic heterocycles. The van der Waals surface area contributed by atoms with E-state index in [4.69, 9.17) is 11.6 Å². The van der Waals surface area contributed by atoms with Gasteiger partial charge in [-0.1, -0.05) is 23.7 Å². The third-order valence-electron chi connectivity index (χ3n) is 3.97. The fourth-order valence-corrected chi connectivity index (χ4v) is 5.64. The highest BCUT2D eigenvalue weighted by atomic mass is 35.5. The molecule has 3 aromatic rings. The number of thiazole rings is 1. The first kappa shape index (κ1) is 21.5. The zero-order chi connectivity index (χ0) is 22.1. The van der Waals surface area contributed by atoms with Gasteiger partial charge in [-0.3, -0.25) is 29.7 Å². The van der Waals surface area contributed by atoms with Gasteiger partial charge in [-0.25, -0.2) is 9.97 Å². The van der Waals surface area contributed by atoms with Crippen molar-refractivity contribution in [3.63, 3.8) is 0 Å². The van der Waals surface area contributed by atoms with Crippen LogP contribution in [-0.2, 0) is 11.3 Å². The van der Waals surface area contributed by atoms with Crippen LogP contribution in [0.2, 0.25) is 5.15 Å². The van der Waals surface area contributed by atoms with Crippen LogP contribution in [0.25, 0.3) is 6.08 Å². The van der Waals surface area contributed by atoms with Crippen molar-refractivity contribution < 1.29 is 14.5 Å². The van der Waals surface area contributed by atoms with E-state index in [1.54, 1.807) is 6.92 Å². The molecule has 1 saturated heterocycles. The second-order valence-electron chi connectivity index (χ2n) is 6.13. The number of carbonyl (C=O) groups is 2. The Morgan fingerprint density at radius 2 is 2.03 bits per heavy atom. The first-order valence-electron chi connectivity index (χ1n) is 8.52. The summed E-state index contributed by atoms with van der Waals surface area (Å²) < 4.78 is 0.598. The second-order valence-corrected chi connectivity index (χ2v) is 9.73. The largest absolute Gasteiger partial charge is 0.293 e. The number of aromatic nitrogens is 4. The molecule has 4 rings (SSSR count). The number of hydrogen-bond donors (Lipinski definition) is 1. The van der Waals surface area contributed by atoms with Gasteiger partial charge in [0, 0.05) is 12.1 Å². The van der Waals surface area contributed by atoms with Gasteiger partial charge in [0.2, 0.25) is 5.16 Å². The average molecular weight is 495 g/mol. The summed E-state index contributed by atoms with van der Waals surface area (Å²) in [6, 6.07) is 5.69. The Labute approximate surface area is 192 Å². The van der Waals surface area contributed by atoms with Gasteiger partial charge in [0.15, 0.2) is 4.34 Å². The van der Waals surface area contributed by atoms with Crippen LogP contribution in [0, 0.1) is 17.0 Å². The Morgan fingerprint density at radius 1 is 1.29 bits per heavy atom. The fraction of sp³-hybridized carbons (Fsp3) is 0.118. The Hall–Kier alpha value is -2.74. The molecule has 1 fully saturated rings. The summed E-state index contributed by atoms with van der Waals surface area (Å²) in [5.41, 5.74) is 0.539. The highest BCUT2D eigenvalue weighted by molar-refractivity contribution is 8.18. The molecule has 10 nitrogen and oxygen atoms in total. The zero-order valence-corrected chi connectivity index (χ0v) is 18.8. The molecule has 0 bridgehead atoms. The predicted octanol–water partition coefficient (Wildman–Crippen LogP) is 4.52. The summed E-state index contributed by atoms with van der Waals surface area (Å²) >= 11 is 9.49. The number of carbonyl (C=O) groups excluding carboxylic acids is 2. The minimum Gasteiger partial charge on any atom is -0.268 e. The molecule has 3 heterocycles. The number of benzene rings is 1. The van der Waals surface area contributed by atoms with E-state index in [0.29, 0.717) is 25.8 Å². The monoisotopic (exact) mass is 494 g/mol. The van der Waals surface area contributed by atoms with E-state index >= 15 is 0 Å². The van der Waals surface area contributed by atoms with Crippen LogP contribution in [0.15, 0.2) is 38.7 Å². The first-order chi connectivity index (χ1) is 14.8. The van der Waals surface area contributed by atoms with Gasteiger partial charge in [0.05, 0.1) is 21.3 Å². The maximum atomic E-state index is 12.7. The van der Waals surface area contributed by atoms with Crippen LogP contribution in [-0.4, -0.2) is 41.1 Å². The van der Waals surface area contributed by atoms with Crippen molar-refractivity contribution in [1.82, 2.24) is 25.1 Å². The van der Waals surface area contributed by atoms with Crippen LogP contribution in [0.3, 0.4) is 0 Å². The molecule has 0 spiro atoms. The summed E-state index contributed by atoms with van der Waals surface area (Å²) in [5, 5.41) is 17.8.